The van der Waals surface area contributed by atoms with Gasteiger partial charge in [0, 0.05) is 25.1 Å². The maximum Gasteiger partial charge on any atom is 0.511 e. The molecule has 0 saturated heterocycles. The van der Waals surface area contributed by atoms with Gasteiger partial charge >= 0.3 is 21.5 Å². The van der Waals surface area contributed by atoms with Crippen molar-refractivity contribution >= 4 is 21.9 Å². The smallest absolute Gasteiger partial charge is 0.465 e. The van der Waals surface area contributed by atoms with Crippen LogP contribution >= 0.6 is 0 Å². The third-order valence-corrected chi connectivity index (χ3v) is 5.61. The van der Waals surface area contributed by atoms with Crippen LogP contribution in [0.3, 0.4) is 0 Å². The number of alkyl halides is 3. The van der Waals surface area contributed by atoms with Gasteiger partial charge in [-0.3, -0.25) is 4.79 Å². The number of hydrogen-bond donors (Lipinski definition) is 2. The number of carbonyl (C=O) groups is 2. The zero-order valence-electron chi connectivity index (χ0n) is 17.1. The molecule has 0 aliphatic carbocycles. The molecule has 1 amide bonds. The molecule has 0 radical (unpaired) electrons. The van der Waals surface area contributed by atoms with Crippen LogP contribution < -0.4 is 10.0 Å². The quantitative estimate of drug-likeness (QED) is 0.317. The average Bonchev–Trinajstić information content (AvgIpc) is 2.74. The molecular formula is C20H19F5N2O5S. The first-order valence-electron chi connectivity index (χ1n) is 9.35. The molecule has 0 fully saturated rings. The molecule has 0 bridgehead atoms. The van der Waals surface area contributed by atoms with E-state index in [2.05, 4.69) is 10.1 Å². The fourth-order valence-corrected chi connectivity index (χ4v) is 3.33. The van der Waals surface area contributed by atoms with E-state index in [4.69, 9.17) is 0 Å². The molecule has 0 spiro atoms. The van der Waals surface area contributed by atoms with Crippen LogP contribution in [0.1, 0.15) is 28.8 Å². The second-order valence-electron chi connectivity index (χ2n) is 6.68. The van der Waals surface area contributed by atoms with Crippen molar-refractivity contribution in [3.05, 3.63) is 59.2 Å². The monoisotopic (exact) mass is 494 g/mol. The molecule has 2 N–H and O–H groups in total. The molecular weight excluding hydrogens is 475 g/mol. The van der Waals surface area contributed by atoms with Gasteiger partial charge in [-0.05, 0) is 29.7 Å². The van der Waals surface area contributed by atoms with Gasteiger partial charge in [0.1, 0.15) is 17.2 Å². The lowest BCUT2D eigenvalue weighted by molar-refractivity contribution is -0.121. The zero-order valence-corrected chi connectivity index (χ0v) is 17.9. The van der Waals surface area contributed by atoms with Crippen LogP contribution in [-0.2, 0) is 26.1 Å². The lowest BCUT2D eigenvalue weighted by Crippen LogP contribution is -2.37. The van der Waals surface area contributed by atoms with Gasteiger partial charge < -0.3 is 10.1 Å². The number of benzene rings is 2. The van der Waals surface area contributed by atoms with Gasteiger partial charge in [0.25, 0.3) is 0 Å². The zero-order chi connectivity index (χ0) is 24.8. The molecule has 180 valence electrons. The highest BCUT2D eigenvalue weighted by atomic mass is 32.2. The van der Waals surface area contributed by atoms with Gasteiger partial charge in [-0.2, -0.15) is 13.2 Å². The van der Waals surface area contributed by atoms with Crippen molar-refractivity contribution in [2.24, 2.45) is 0 Å². The number of carbonyl (C=O) groups excluding carboxylic acids is 2. The van der Waals surface area contributed by atoms with Gasteiger partial charge in [0.05, 0.1) is 7.11 Å². The Labute approximate surface area is 186 Å². The first-order valence-corrected chi connectivity index (χ1v) is 10.8. The predicted octanol–water partition coefficient (Wildman–Crippen LogP) is 3.25. The summed E-state index contributed by atoms with van der Waals surface area (Å²) >= 11 is 0. The average molecular weight is 494 g/mol. The Morgan fingerprint density at radius 1 is 1.06 bits per heavy atom. The predicted molar refractivity (Wildman–Crippen MR) is 107 cm³/mol. The number of hydrogen-bond acceptors (Lipinski definition) is 5. The molecule has 0 atom stereocenters. The Morgan fingerprint density at radius 3 is 2.36 bits per heavy atom. The van der Waals surface area contributed by atoms with E-state index >= 15 is 0 Å². The van der Waals surface area contributed by atoms with Gasteiger partial charge in [-0.15, -0.1) is 0 Å². The van der Waals surface area contributed by atoms with Crippen LogP contribution in [0.4, 0.5) is 22.0 Å². The molecule has 0 aliphatic heterocycles. The van der Waals surface area contributed by atoms with Gasteiger partial charge in [-0.25, -0.2) is 26.7 Å². The Kier molecular flexibility index (Phi) is 8.50. The maximum absolute atomic E-state index is 14.5. The minimum atomic E-state index is -5.48. The summed E-state index contributed by atoms with van der Waals surface area (Å²) in [5.74, 6) is -3.17. The van der Waals surface area contributed by atoms with Crippen molar-refractivity contribution in [2.75, 3.05) is 13.7 Å². The number of ether oxygens (including phenoxy) is 1. The van der Waals surface area contributed by atoms with E-state index in [9.17, 15) is 40.0 Å². The third kappa shape index (κ3) is 6.71. The van der Waals surface area contributed by atoms with Crippen molar-refractivity contribution in [3.8, 4) is 11.1 Å². The molecule has 0 aromatic heterocycles. The summed E-state index contributed by atoms with van der Waals surface area (Å²) in [7, 11) is -4.40. The highest BCUT2D eigenvalue weighted by molar-refractivity contribution is 7.90. The van der Waals surface area contributed by atoms with Gasteiger partial charge in [0.15, 0.2) is 0 Å². The number of nitrogens with one attached hydrogen (secondary N) is 2. The second-order valence-corrected chi connectivity index (χ2v) is 8.44. The number of methoxy groups -OCH3 is 1. The first kappa shape index (κ1) is 26.2. The van der Waals surface area contributed by atoms with Crippen molar-refractivity contribution in [3.63, 3.8) is 0 Å². The van der Waals surface area contributed by atoms with Crippen molar-refractivity contribution in [1.29, 1.82) is 0 Å². The summed E-state index contributed by atoms with van der Waals surface area (Å²) in [4.78, 5) is 23.7. The Balaban J connectivity index is 1.97. The topological polar surface area (TPSA) is 102 Å². The van der Waals surface area contributed by atoms with Crippen molar-refractivity contribution in [1.82, 2.24) is 10.0 Å². The molecule has 2 aromatic carbocycles. The van der Waals surface area contributed by atoms with E-state index in [1.54, 1.807) is 0 Å². The van der Waals surface area contributed by atoms with Crippen LogP contribution in [0.5, 0.6) is 0 Å². The highest BCUT2D eigenvalue weighted by Gasteiger charge is 2.45. The summed E-state index contributed by atoms with van der Waals surface area (Å²) in [5.41, 5.74) is -5.44. The van der Waals surface area contributed by atoms with Crippen LogP contribution in [0, 0.1) is 11.6 Å². The van der Waals surface area contributed by atoms with E-state index in [0.717, 1.165) is 19.2 Å². The fraction of sp³-hybridized carbons (Fsp3) is 0.300. The molecule has 2 rings (SSSR count). The van der Waals surface area contributed by atoms with E-state index < -0.39 is 45.6 Å². The van der Waals surface area contributed by atoms with Crippen LogP contribution in [0.25, 0.3) is 11.1 Å². The normalized spacial score (nSPS) is 11.8. The summed E-state index contributed by atoms with van der Waals surface area (Å²) in [6.45, 7) is -0.860. The minimum Gasteiger partial charge on any atom is -0.465 e. The number of rotatable bonds is 9. The maximum atomic E-state index is 14.5. The summed E-state index contributed by atoms with van der Waals surface area (Å²) in [6, 6.07) is 7.60. The summed E-state index contributed by atoms with van der Waals surface area (Å²) in [5, 5.41) is 2.36. The number of esters is 1. The van der Waals surface area contributed by atoms with E-state index in [0.29, 0.717) is 0 Å². The number of amides is 1. The van der Waals surface area contributed by atoms with Crippen LogP contribution in [0.15, 0.2) is 36.4 Å². The fourth-order valence-electron chi connectivity index (χ4n) is 2.75. The van der Waals surface area contributed by atoms with Crippen LogP contribution in [-0.4, -0.2) is 39.5 Å². The van der Waals surface area contributed by atoms with Crippen molar-refractivity contribution in [2.45, 2.75) is 24.9 Å². The van der Waals surface area contributed by atoms with E-state index in [1.807, 2.05) is 0 Å². The standard InChI is InChI=1S/C20H19F5N2O5S/c1-32-19(29)18-14(4-2-5-15(18)21)12-7-8-13(16(22)10-12)11-26-17(28)6-3-9-27-33(30,31)20(23,24)25/h2,4-5,7-8,10,27H,3,6,9,11H2,1H3,(H,26,28). The lowest BCUT2D eigenvalue weighted by atomic mass is 9.98. The Bertz CT molecular complexity index is 1140. The van der Waals surface area contributed by atoms with Gasteiger partial charge in [-0.1, -0.05) is 24.3 Å². The van der Waals surface area contributed by atoms with Gasteiger partial charge in [0.2, 0.25) is 5.91 Å². The summed E-state index contributed by atoms with van der Waals surface area (Å²) < 4.78 is 92.7. The highest BCUT2D eigenvalue weighted by Crippen LogP contribution is 2.28. The van der Waals surface area contributed by atoms with E-state index in [1.165, 1.54) is 29.0 Å². The summed E-state index contributed by atoms with van der Waals surface area (Å²) in [6.07, 6.45) is -0.510. The molecule has 0 unspecified atom stereocenters. The molecule has 0 heterocycles. The third-order valence-electron chi connectivity index (χ3n) is 4.42. The van der Waals surface area contributed by atoms with E-state index in [-0.39, 0.29) is 41.6 Å². The second kappa shape index (κ2) is 10.7. The molecule has 0 saturated carbocycles. The van der Waals surface area contributed by atoms with Crippen LogP contribution in [0.2, 0.25) is 0 Å². The first-order chi connectivity index (χ1) is 15.4. The number of sulfonamides is 1. The largest absolute Gasteiger partial charge is 0.511 e. The lowest BCUT2D eigenvalue weighted by Gasteiger charge is -2.12. The molecule has 33 heavy (non-hydrogen) atoms. The molecule has 13 heteroatoms. The molecule has 7 nitrogen and oxygen atoms in total. The SMILES string of the molecule is COC(=O)c1c(F)cccc1-c1ccc(CNC(=O)CCCNS(=O)(=O)C(F)(F)F)c(F)c1. The molecule has 0 aliphatic rings. The minimum absolute atomic E-state index is 0.0564. The Morgan fingerprint density at radius 2 is 1.76 bits per heavy atom. The Hall–Kier alpha value is -3.06. The van der Waals surface area contributed by atoms with Crippen molar-refractivity contribution < 1.29 is 44.7 Å². The molecule has 2 aromatic rings. The number of halogens is 5.